The standard InChI is InChI=1S/C12H12BrN3OS/c1-6-9(11(14)17)10(16-12(18)15-6)7-2-4-8(13)5-3-7/h2-5,10H,1H3,(H2,14,17)(H2,15,16,18)/t10-/m1/s1. The summed E-state index contributed by atoms with van der Waals surface area (Å²) >= 11 is 8.48. The van der Waals surface area contributed by atoms with Crippen LogP contribution in [0.15, 0.2) is 40.0 Å². The van der Waals surface area contributed by atoms with Crippen molar-refractivity contribution in [1.82, 2.24) is 10.6 Å². The first-order valence-corrected chi connectivity index (χ1v) is 6.52. The molecule has 1 aliphatic rings. The highest BCUT2D eigenvalue weighted by molar-refractivity contribution is 9.10. The zero-order chi connectivity index (χ0) is 13.3. The summed E-state index contributed by atoms with van der Waals surface area (Å²) in [5, 5.41) is 6.46. The van der Waals surface area contributed by atoms with Crippen LogP contribution in [-0.2, 0) is 4.79 Å². The third kappa shape index (κ3) is 2.54. The van der Waals surface area contributed by atoms with Crippen molar-refractivity contribution in [2.75, 3.05) is 0 Å². The Morgan fingerprint density at radius 3 is 2.56 bits per heavy atom. The molecule has 0 aliphatic carbocycles. The normalized spacial score (nSPS) is 19.2. The fraction of sp³-hybridized carbons (Fsp3) is 0.167. The van der Waals surface area contributed by atoms with Crippen LogP contribution in [0.2, 0.25) is 0 Å². The van der Waals surface area contributed by atoms with E-state index in [-0.39, 0.29) is 6.04 Å². The number of allylic oxidation sites excluding steroid dienone is 1. The molecule has 1 amide bonds. The second kappa shape index (κ2) is 5.07. The highest BCUT2D eigenvalue weighted by Crippen LogP contribution is 2.27. The Labute approximate surface area is 119 Å². The van der Waals surface area contributed by atoms with Crippen molar-refractivity contribution in [1.29, 1.82) is 0 Å². The number of carbonyl (C=O) groups excluding carboxylic acids is 1. The number of nitrogens with two attached hydrogens (primary N) is 1. The summed E-state index contributed by atoms with van der Waals surface area (Å²) in [6.07, 6.45) is 0. The molecule has 4 nitrogen and oxygen atoms in total. The van der Waals surface area contributed by atoms with Crippen LogP contribution >= 0.6 is 28.1 Å². The number of nitrogens with one attached hydrogen (secondary N) is 2. The minimum Gasteiger partial charge on any atom is -0.366 e. The minimum atomic E-state index is -0.456. The van der Waals surface area contributed by atoms with Gasteiger partial charge in [0.15, 0.2) is 5.11 Å². The van der Waals surface area contributed by atoms with Gasteiger partial charge in [-0.1, -0.05) is 28.1 Å². The summed E-state index contributed by atoms with van der Waals surface area (Å²) < 4.78 is 0.976. The van der Waals surface area contributed by atoms with E-state index in [1.165, 1.54) is 0 Å². The van der Waals surface area contributed by atoms with E-state index < -0.39 is 5.91 Å². The molecule has 18 heavy (non-hydrogen) atoms. The molecule has 1 aromatic rings. The number of benzene rings is 1. The van der Waals surface area contributed by atoms with E-state index in [0.29, 0.717) is 16.4 Å². The van der Waals surface area contributed by atoms with E-state index in [1.807, 2.05) is 24.3 Å². The molecule has 0 aromatic heterocycles. The number of primary amides is 1. The van der Waals surface area contributed by atoms with E-state index in [1.54, 1.807) is 6.92 Å². The number of hydrogen-bond donors (Lipinski definition) is 3. The van der Waals surface area contributed by atoms with Crippen molar-refractivity contribution in [3.63, 3.8) is 0 Å². The van der Waals surface area contributed by atoms with Crippen molar-refractivity contribution in [3.8, 4) is 0 Å². The Balaban J connectivity index is 2.46. The zero-order valence-electron chi connectivity index (χ0n) is 9.66. The summed E-state index contributed by atoms with van der Waals surface area (Å²) in [5.74, 6) is -0.456. The highest BCUT2D eigenvalue weighted by atomic mass is 79.9. The largest absolute Gasteiger partial charge is 0.366 e. The molecular formula is C12H12BrN3OS. The Kier molecular flexibility index (Phi) is 3.68. The topological polar surface area (TPSA) is 67.2 Å². The van der Waals surface area contributed by atoms with Gasteiger partial charge in [0.05, 0.1) is 11.6 Å². The van der Waals surface area contributed by atoms with Crippen LogP contribution in [0.25, 0.3) is 0 Å². The number of carbonyl (C=O) groups is 1. The van der Waals surface area contributed by atoms with Crippen molar-refractivity contribution >= 4 is 39.2 Å². The van der Waals surface area contributed by atoms with Crippen LogP contribution in [0.5, 0.6) is 0 Å². The fourth-order valence-electron chi connectivity index (χ4n) is 1.93. The Morgan fingerprint density at radius 2 is 2.00 bits per heavy atom. The number of halogens is 1. The Bertz CT molecular complexity index is 539. The van der Waals surface area contributed by atoms with Gasteiger partial charge in [0.2, 0.25) is 5.91 Å². The summed E-state index contributed by atoms with van der Waals surface area (Å²) in [5.41, 5.74) is 7.57. The second-order valence-corrected chi connectivity index (χ2v) is 5.31. The quantitative estimate of drug-likeness (QED) is 0.724. The van der Waals surface area contributed by atoms with Crippen molar-refractivity contribution in [3.05, 3.63) is 45.6 Å². The van der Waals surface area contributed by atoms with E-state index in [4.69, 9.17) is 18.0 Å². The van der Waals surface area contributed by atoms with Gasteiger partial charge in [0.25, 0.3) is 0 Å². The van der Waals surface area contributed by atoms with Gasteiger partial charge in [0, 0.05) is 10.2 Å². The number of hydrogen-bond acceptors (Lipinski definition) is 2. The Hall–Kier alpha value is -1.40. The summed E-state index contributed by atoms with van der Waals surface area (Å²) in [7, 11) is 0. The molecule has 0 fully saturated rings. The SMILES string of the molecule is CC1=C(C(N)=O)[C@@H](c2ccc(Br)cc2)NC(=S)N1. The molecule has 1 aromatic carbocycles. The maximum absolute atomic E-state index is 11.6. The van der Waals surface area contributed by atoms with E-state index in [2.05, 4.69) is 26.6 Å². The van der Waals surface area contributed by atoms with Gasteiger partial charge in [-0.15, -0.1) is 0 Å². The average molecular weight is 326 g/mol. The van der Waals surface area contributed by atoms with E-state index in [9.17, 15) is 4.79 Å². The first-order valence-electron chi connectivity index (χ1n) is 5.32. The molecule has 2 rings (SSSR count). The van der Waals surface area contributed by atoms with E-state index >= 15 is 0 Å². The van der Waals surface area contributed by atoms with Crippen LogP contribution in [0, 0.1) is 0 Å². The van der Waals surface area contributed by atoms with Gasteiger partial charge in [-0.25, -0.2) is 0 Å². The summed E-state index contributed by atoms with van der Waals surface area (Å²) in [6.45, 7) is 1.79. The summed E-state index contributed by atoms with van der Waals surface area (Å²) in [4.78, 5) is 11.6. The third-order valence-electron chi connectivity index (χ3n) is 2.74. The molecule has 0 spiro atoms. The lowest BCUT2D eigenvalue weighted by Crippen LogP contribution is -2.46. The predicted octanol–water partition coefficient (Wildman–Crippen LogP) is 1.73. The molecule has 94 valence electrons. The molecule has 4 N–H and O–H groups in total. The molecule has 1 aliphatic heterocycles. The lowest BCUT2D eigenvalue weighted by molar-refractivity contribution is -0.115. The molecule has 0 radical (unpaired) electrons. The number of thiocarbonyl (C=S) groups is 1. The second-order valence-electron chi connectivity index (χ2n) is 3.99. The van der Waals surface area contributed by atoms with Crippen LogP contribution in [0.1, 0.15) is 18.5 Å². The average Bonchev–Trinajstić information content (AvgIpc) is 2.28. The Morgan fingerprint density at radius 1 is 1.39 bits per heavy atom. The number of rotatable bonds is 2. The van der Waals surface area contributed by atoms with E-state index in [0.717, 1.165) is 10.0 Å². The lowest BCUT2D eigenvalue weighted by Gasteiger charge is -2.29. The smallest absolute Gasteiger partial charge is 0.248 e. The third-order valence-corrected chi connectivity index (χ3v) is 3.49. The van der Waals surface area contributed by atoms with Gasteiger partial charge in [0.1, 0.15) is 0 Å². The molecule has 1 atom stereocenters. The van der Waals surface area contributed by atoms with Gasteiger partial charge in [-0.2, -0.15) is 0 Å². The molecule has 0 bridgehead atoms. The molecule has 0 saturated heterocycles. The van der Waals surface area contributed by atoms with Gasteiger partial charge in [-0.3, -0.25) is 4.79 Å². The fourth-order valence-corrected chi connectivity index (χ4v) is 2.46. The molecule has 6 heteroatoms. The summed E-state index contributed by atoms with van der Waals surface area (Å²) in [6, 6.07) is 7.37. The highest BCUT2D eigenvalue weighted by Gasteiger charge is 2.28. The number of amides is 1. The van der Waals surface area contributed by atoms with Crippen molar-refractivity contribution in [2.45, 2.75) is 13.0 Å². The van der Waals surface area contributed by atoms with Gasteiger partial charge >= 0.3 is 0 Å². The van der Waals surface area contributed by atoms with Crippen LogP contribution in [0.3, 0.4) is 0 Å². The van der Waals surface area contributed by atoms with Crippen LogP contribution in [0.4, 0.5) is 0 Å². The maximum Gasteiger partial charge on any atom is 0.248 e. The van der Waals surface area contributed by atoms with Gasteiger partial charge < -0.3 is 16.4 Å². The van der Waals surface area contributed by atoms with Crippen LogP contribution < -0.4 is 16.4 Å². The molecule has 1 heterocycles. The van der Waals surface area contributed by atoms with Gasteiger partial charge in [-0.05, 0) is 36.8 Å². The molecular weight excluding hydrogens is 314 g/mol. The first kappa shape index (κ1) is 13.0. The molecule has 0 saturated carbocycles. The first-order chi connectivity index (χ1) is 8.49. The monoisotopic (exact) mass is 325 g/mol. The van der Waals surface area contributed by atoms with Crippen molar-refractivity contribution < 1.29 is 4.79 Å². The molecule has 0 unspecified atom stereocenters. The minimum absolute atomic E-state index is 0.302. The lowest BCUT2D eigenvalue weighted by atomic mass is 9.95. The maximum atomic E-state index is 11.6. The van der Waals surface area contributed by atoms with Crippen LogP contribution in [-0.4, -0.2) is 11.0 Å². The van der Waals surface area contributed by atoms with Crippen molar-refractivity contribution in [2.24, 2.45) is 5.73 Å². The zero-order valence-corrected chi connectivity index (χ0v) is 12.1. The predicted molar refractivity (Wildman–Crippen MR) is 77.6 cm³/mol.